The number of ether oxygens (including phenoxy) is 1. The van der Waals surface area contributed by atoms with E-state index in [9.17, 15) is 0 Å². The summed E-state index contributed by atoms with van der Waals surface area (Å²) < 4.78 is 60.0. The van der Waals surface area contributed by atoms with Gasteiger partial charge in [-0.1, -0.05) is 30.3 Å². The Morgan fingerprint density at radius 2 is 2.27 bits per heavy atom. The monoisotopic (exact) mass is 408 g/mol. The van der Waals surface area contributed by atoms with Crippen LogP contribution in [0.3, 0.4) is 0 Å². The maximum atomic E-state index is 8.54. The summed E-state index contributed by atoms with van der Waals surface area (Å²) >= 11 is 0. The van der Waals surface area contributed by atoms with Gasteiger partial charge in [-0.15, -0.1) is 0 Å². The van der Waals surface area contributed by atoms with Crippen LogP contribution in [0.25, 0.3) is 27.7 Å². The van der Waals surface area contributed by atoms with E-state index in [1.807, 2.05) is 13.8 Å². The molecule has 154 valence electrons. The van der Waals surface area contributed by atoms with Crippen LogP contribution in [0, 0.1) is 6.57 Å². The quantitative estimate of drug-likeness (QED) is 0.506. The Bertz CT molecular complexity index is 1330. The van der Waals surface area contributed by atoms with E-state index < -0.39 is 25.3 Å². The van der Waals surface area contributed by atoms with Crippen LogP contribution in [0.5, 0.6) is 5.75 Å². The van der Waals surface area contributed by atoms with Gasteiger partial charge in [0, 0.05) is 25.4 Å². The Morgan fingerprint density at radius 1 is 1.40 bits per heavy atom. The number of hydrogen-bond acceptors (Lipinski definition) is 5. The molecule has 0 bridgehead atoms. The van der Waals surface area contributed by atoms with E-state index in [1.54, 1.807) is 36.4 Å². The van der Waals surface area contributed by atoms with Crippen molar-refractivity contribution in [3.8, 4) is 28.6 Å². The molecule has 1 aliphatic rings. The van der Waals surface area contributed by atoms with Crippen LogP contribution < -0.4 is 10.1 Å². The molecule has 1 N–H and O–H groups in total. The molecule has 0 amide bonds. The van der Waals surface area contributed by atoms with Gasteiger partial charge in [0.1, 0.15) is 5.75 Å². The highest BCUT2D eigenvalue weighted by atomic mass is 16.5. The molecular formula is C24H26N4O2. The number of aromatic nitrogens is 2. The molecular weight excluding hydrogens is 376 g/mol. The Morgan fingerprint density at radius 3 is 3.03 bits per heavy atom. The van der Waals surface area contributed by atoms with Crippen LogP contribution in [-0.2, 0) is 6.42 Å². The van der Waals surface area contributed by atoms with Gasteiger partial charge in [-0.05, 0) is 68.8 Å². The molecule has 1 heterocycles. The third-order valence-corrected chi connectivity index (χ3v) is 4.70. The maximum absolute atomic E-state index is 8.54. The lowest BCUT2D eigenvalue weighted by atomic mass is 10.0. The van der Waals surface area contributed by atoms with E-state index >= 15 is 0 Å². The van der Waals surface area contributed by atoms with Crippen molar-refractivity contribution in [2.45, 2.75) is 52.1 Å². The molecule has 4 rings (SSSR count). The van der Waals surface area contributed by atoms with E-state index in [2.05, 4.69) is 20.3 Å². The molecule has 6 heteroatoms. The minimum atomic E-state index is -2.46. The fraction of sp³-hybridized carbons (Fsp3) is 0.375. The van der Waals surface area contributed by atoms with Gasteiger partial charge >= 0.3 is 0 Å². The SMILES string of the molecule is [2H]C1([2H])Cc2c(-c3noc(-c4ccc(OC(C)C)c([N+]#[C-])c4)n3)cccc2[C@H]1NC([2H])([2H])C([2H])([2H])C. The molecule has 1 atom stereocenters. The first-order valence-electron chi connectivity index (χ1n) is 12.7. The van der Waals surface area contributed by atoms with Crippen LogP contribution >= 0.6 is 0 Å². The van der Waals surface area contributed by atoms with Gasteiger partial charge in [-0.3, -0.25) is 0 Å². The molecule has 0 unspecified atom stereocenters. The molecule has 0 saturated heterocycles. The summed E-state index contributed by atoms with van der Waals surface area (Å²) in [6, 6.07) is 9.07. The van der Waals surface area contributed by atoms with E-state index in [0.717, 1.165) is 6.92 Å². The summed E-state index contributed by atoms with van der Waals surface area (Å²) in [5, 5.41) is 6.64. The van der Waals surface area contributed by atoms with Crippen LogP contribution in [0.4, 0.5) is 5.69 Å². The average Bonchev–Trinajstić information content (AvgIpc) is 3.35. The fourth-order valence-corrected chi connectivity index (χ4v) is 3.41. The van der Waals surface area contributed by atoms with Crippen molar-refractivity contribution in [3.63, 3.8) is 0 Å². The van der Waals surface area contributed by atoms with Gasteiger partial charge in [-0.25, -0.2) is 4.85 Å². The molecule has 0 aliphatic heterocycles. The smallest absolute Gasteiger partial charge is 0.256 e. The predicted octanol–water partition coefficient (Wildman–Crippen LogP) is 5.73. The Balaban J connectivity index is 1.69. The molecule has 3 aromatic rings. The Labute approximate surface area is 185 Å². The first kappa shape index (κ1) is 13.9. The average molecular weight is 409 g/mol. The summed E-state index contributed by atoms with van der Waals surface area (Å²) in [5.41, 5.74) is 2.51. The molecule has 1 aliphatic carbocycles. The van der Waals surface area contributed by atoms with Gasteiger partial charge in [0.2, 0.25) is 11.5 Å². The third kappa shape index (κ3) is 3.94. The van der Waals surface area contributed by atoms with Crippen LogP contribution in [-0.4, -0.2) is 22.7 Å². The van der Waals surface area contributed by atoms with E-state index in [4.69, 9.17) is 24.1 Å². The molecule has 0 spiro atoms. The number of rotatable bonds is 7. The van der Waals surface area contributed by atoms with Gasteiger partial charge in [-0.2, -0.15) is 4.98 Å². The van der Waals surface area contributed by atoms with Crippen molar-refractivity contribution in [2.24, 2.45) is 0 Å². The zero-order valence-corrected chi connectivity index (χ0v) is 17.0. The first-order valence-corrected chi connectivity index (χ1v) is 9.65. The standard InChI is InChI=1S/C24H26N4O2/c1-5-13-26-20-11-10-17-18(20)7-6-8-19(17)23-27-24(30-28-23)16-9-12-22(29-15(2)3)21(14-16)25-4/h6-9,12,14-15,20,26H,5,10-11,13H2,1-3H3/t20-/m0/s1/i5D2,11D2,13D2. The molecule has 30 heavy (non-hydrogen) atoms. The lowest BCUT2D eigenvalue weighted by Crippen LogP contribution is -2.19. The highest BCUT2D eigenvalue weighted by molar-refractivity contribution is 5.70. The van der Waals surface area contributed by atoms with Crippen LogP contribution in [0.1, 0.15) is 58.9 Å². The lowest BCUT2D eigenvalue weighted by molar-refractivity contribution is 0.244. The number of nitrogens with zero attached hydrogens (tertiary/aromatic N) is 3. The van der Waals surface area contributed by atoms with Crippen molar-refractivity contribution >= 4 is 5.69 Å². The van der Waals surface area contributed by atoms with E-state index in [-0.39, 0.29) is 24.2 Å². The number of nitrogens with one attached hydrogen (secondary N) is 1. The summed E-state index contributed by atoms with van der Waals surface area (Å²) in [7, 11) is 0. The highest BCUT2D eigenvalue weighted by Crippen LogP contribution is 2.38. The molecule has 2 aromatic carbocycles. The second-order valence-electron chi connectivity index (χ2n) is 7.09. The van der Waals surface area contributed by atoms with E-state index in [0.29, 0.717) is 33.7 Å². The molecule has 1 aromatic heterocycles. The summed E-state index contributed by atoms with van der Waals surface area (Å²) in [5.74, 6) is 0.884. The molecule has 0 radical (unpaired) electrons. The lowest BCUT2D eigenvalue weighted by Gasteiger charge is -2.13. The van der Waals surface area contributed by atoms with Gasteiger partial charge < -0.3 is 14.6 Å². The molecule has 0 fully saturated rings. The molecule has 0 saturated carbocycles. The third-order valence-electron chi connectivity index (χ3n) is 4.70. The van der Waals surface area contributed by atoms with Crippen molar-refractivity contribution in [2.75, 3.05) is 6.50 Å². The number of benzene rings is 2. The Kier molecular flexibility index (Phi) is 4.03. The van der Waals surface area contributed by atoms with Gasteiger partial charge in [0.05, 0.1) is 12.7 Å². The summed E-state index contributed by atoms with van der Waals surface area (Å²) in [6.45, 7) is 9.85. The van der Waals surface area contributed by atoms with Crippen molar-refractivity contribution in [1.82, 2.24) is 15.5 Å². The molecule has 6 nitrogen and oxygen atoms in total. The second-order valence-corrected chi connectivity index (χ2v) is 7.09. The summed E-state index contributed by atoms with van der Waals surface area (Å²) in [4.78, 5) is 8.00. The largest absolute Gasteiger partial charge is 0.502 e. The number of fused-ring (bicyclic) bond motifs is 1. The predicted molar refractivity (Wildman–Crippen MR) is 117 cm³/mol. The van der Waals surface area contributed by atoms with Gasteiger partial charge in [0.15, 0.2) is 0 Å². The number of hydrogen-bond donors (Lipinski definition) is 1. The summed E-state index contributed by atoms with van der Waals surface area (Å²) in [6.07, 6.45) is -4.23. The Hall–Kier alpha value is -3.17. The van der Waals surface area contributed by atoms with Crippen molar-refractivity contribution in [3.05, 3.63) is 58.9 Å². The minimum Gasteiger partial charge on any atom is -0.502 e. The zero-order chi connectivity index (χ0) is 26.5. The fourth-order valence-electron chi connectivity index (χ4n) is 3.41. The first-order chi connectivity index (χ1) is 16.7. The topological polar surface area (TPSA) is 64.5 Å². The van der Waals surface area contributed by atoms with E-state index in [1.165, 1.54) is 0 Å². The zero-order valence-electron chi connectivity index (χ0n) is 23.0. The second kappa shape index (κ2) is 8.68. The van der Waals surface area contributed by atoms with Crippen LogP contribution in [0.15, 0.2) is 40.9 Å². The van der Waals surface area contributed by atoms with Crippen molar-refractivity contribution in [1.29, 1.82) is 0 Å². The minimum absolute atomic E-state index is 0.0358. The highest BCUT2D eigenvalue weighted by Gasteiger charge is 2.26. The van der Waals surface area contributed by atoms with Gasteiger partial charge in [0.25, 0.3) is 5.89 Å². The maximum Gasteiger partial charge on any atom is 0.256 e. The van der Waals surface area contributed by atoms with Crippen molar-refractivity contribution < 1.29 is 17.5 Å². The van der Waals surface area contributed by atoms with Crippen LogP contribution in [0.2, 0.25) is 0 Å². The normalized spacial score (nSPS) is 20.8.